The molecule has 7 nitrogen and oxygen atoms in total. The maximum atomic E-state index is 12.9. The molecule has 5 unspecified atom stereocenters. The molecule has 3 aliphatic carbocycles. The molecule has 34 heavy (non-hydrogen) atoms. The maximum absolute atomic E-state index is 12.9. The lowest BCUT2D eigenvalue weighted by Crippen LogP contribution is -2.57. The molecule has 1 aromatic rings. The van der Waals surface area contributed by atoms with Crippen LogP contribution in [0.5, 0.6) is 0 Å². The second kappa shape index (κ2) is 9.86. The van der Waals surface area contributed by atoms with Crippen LogP contribution in [-0.4, -0.2) is 45.8 Å². The van der Waals surface area contributed by atoms with Gasteiger partial charge in [-0.25, -0.2) is 4.98 Å². The lowest BCUT2D eigenvalue weighted by atomic mass is 9.47. The van der Waals surface area contributed by atoms with Crippen molar-refractivity contribution in [2.75, 3.05) is 11.9 Å². The Labute approximate surface area is 207 Å². The molecule has 0 saturated heterocycles. The molecular weight excluding hydrogens is 450 g/mol. The number of rotatable bonds is 6. The number of anilines is 1. The Morgan fingerprint density at radius 1 is 1.18 bits per heavy atom. The molecule has 0 aromatic carbocycles. The van der Waals surface area contributed by atoms with Gasteiger partial charge in [-0.2, -0.15) is 0 Å². The van der Waals surface area contributed by atoms with Gasteiger partial charge in [-0.05, 0) is 57.3 Å². The number of aliphatic hydroxyl groups is 2. The highest BCUT2D eigenvalue weighted by Crippen LogP contribution is 2.62. The van der Waals surface area contributed by atoms with Gasteiger partial charge in [0.25, 0.3) is 0 Å². The predicted octanol–water partition coefficient (Wildman–Crippen LogP) is 3.99. The summed E-state index contributed by atoms with van der Waals surface area (Å²) in [6.45, 7) is 7.99. The van der Waals surface area contributed by atoms with E-state index in [2.05, 4.69) is 17.6 Å². The largest absolute Gasteiger partial charge is 0.396 e. The molecule has 2 saturated carbocycles. The first-order valence-corrected chi connectivity index (χ1v) is 13.8. The van der Waals surface area contributed by atoms with Crippen molar-refractivity contribution in [2.45, 2.75) is 104 Å². The van der Waals surface area contributed by atoms with E-state index >= 15 is 0 Å². The van der Waals surface area contributed by atoms with E-state index in [1.807, 2.05) is 20.8 Å². The molecule has 3 aliphatic rings. The standard InChI is InChI=1S/C26H41N3O4S/c1-15(2)27-21(32)12-17-22-18(13-19-25(17,3)11-10-20(31)26(19,4)14-30)34-24(28-22)29-23(33)16-8-6-5-7-9-16/h15-17,19-20,30-31H,5-14H2,1-4H3,(H,27,32)(H,28,29,33). The van der Waals surface area contributed by atoms with Gasteiger partial charge >= 0.3 is 0 Å². The van der Waals surface area contributed by atoms with Crippen molar-refractivity contribution in [2.24, 2.45) is 22.7 Å². The van der Waals surface area contributed by atoms with Crippen LogP contribution in [0, 0.1) is 22.7 Å². The van der Waals surface area contributed by atoms with Crippen LogP contribution >= 0.6 is 11.3 Å². The number of thiazole rings is 1. The van der Waals surface area contributed by atoms with Crippen LogP contribution in [0.2, 0.25) is 0 Å². The quantitative estimate of drug-likeness (QED) is 0.481. The average Bonchev–Trinajstić information content (AvgIpc) is 3.20. The third kappa shape index (κ3) is 4.65. The van der Waals surface area contributed by atoms with Crippen molar-refractivity contribution >= 4 is 28.3 Å². The Hall–Kier alpha value is -1.51. The molecule has 4 N–H and O–H groups in total. The van der Waals surface area contributed by atoms with E-state index in [1.54, 1.807) is 0 Å². The zero-order chi connectivity index (χ0) is 24.7. The fourth-order valence-corrected chi connectivity index (χ4v) is 7.91. The number of nitrogens with zero attached hydrogens (tertiary/aromatic N) is 1. The van der Waals surface area contributed by atoms with Gasteiger partial charge in [0.05, 0.1) is 18.4 Å². The van der Waals surface area contributed by atoms with Gasteiger partial charge in [-0.3, -0.25) is 9.59 Å². The summed E-state index contributed by atoms with van der Waals surface area (Å²) in [4.78, 5) is 31.8. The van der Waals surface area contributed by atoms with Crippen molar-refractivity contribution in [1.82, 2.24) is 10.3 Å². The Kier molecular flexibility index (Phi) is 7.42. The van der Waals surface area contributed by atoms with E-state index in [0.29, 0.717) is 24.4 Å². The highest BCUT2D eigenvalue weighted by Gasteiger charge is 2.59. The average molecular weight is 492 g/mol. The van der Waals surface area contributed by atoms with E-state index in [9.17, 15) is 19.8 Å². The number of hydrogen-bond donors (Lipinski definition) is 4. The summed E-state index contributed by atoms with van der Waals surface area (Å²) in [6, 6.07) is 0.0517. The molecule has 0 spiro atoms. The summed E-state index contributed by atoms with van der Waals surface area (Å²) >= 11 is 1.50. The Morgan fingerprint density at radius 3 is 2.53 bits per heavy atom. The first-order chi connectivity index (χ1) is 16.1. The fraction of sp³-hybridized carbons (Fsp3) is 0.808. The maximum Gasteiger partial charge on any atom is 0.229 e. The number of fused-ring (bicyclic) bond motifs is 2. The normalized spacial score (nSPS) is 33.8. The minimum Gasteiger partial charge on any atom is -0.396 e. The fourth-order valence-electron chi connectivity index (χ4n) is 6.84. The van der Waals surface area contributed by atoms with E-state index in [4.69, 9.17) is 4.98 Å². The highest BCUT2D eigenvalue weighted by atomic mass is 32.1. The first kappa shape index (κ1) is 25.6. The summed E-state index contributed by atoms with van der Waals surface area (Å²) in [7, 11) is 0. The van der Waals surface area contributed by atoms with Gasteiger partial charge in [0, 0.05) is 34.6 Å². The van der Waals surface area contributed by atoms with Gasteiger partial charge in [0.15, 0.2) is 5.13 Å². The Morgan fingerprint density at radius 2 is 1.88 bits per heavy atom. The first-order valence-electron chi connectivity index (χ1n) is 13.0. The van der Waals surface area contributed by atoms with Crippen LogP contribution in [0.1, 0.15) is 95.6 Å². The molecule has 190 valence electrons. The molecule has 1 aromatic heterocycles. The monoisotopic (exact) mass is 491 g/mol. The van der Waals surface area contributed by atoms with Crippen LogP contribution in [0.25, 0.3) is 0 Å². The van der Waals surface area contributed by atoms with Crippen molar-refractivity contribution in [3.8, 4) is 0 Å². The zero-order valence-corrected chi connectivity index (χ0v) is 21.8. The molecule has 1 heterocycles. The number of carbonyl (C=O) groups excluding carboxylic acids is 2. The minimum atomic E-state index is -0.646. The SMILES string of the molecule is CC(C)NC(=O)CC1c2nc(NC(=O)C3CCCCC3)sc2CC2C(C)(CO)C(O)CCC12C. The minimum absolute atomic E-state index is 0.00885. The van der Waals surface area contributed by atoms with E-state index in [-0.39, 0.29) is 47.6 Å². The van der Waals surface area contributed by atoms with E-state index < -0.39 is 11.5 Å². The number of amides is 2. The predicted molar refractivity (Wildman–Crippen MR) is 134 cm³/mol. The molecule has 4 rings (SSSR count). The molecule has 5 atom stereocenters. The third-order valence-electron chi connectivity index (χ3n) is 8.94. The summed E-state index contributed by atoms with van der Waals surface area (Å²) in [5, 5.41) is 28.0. The number of nitrogens with one attached hydrogen (secondary N) is 2. The van der Waals surface area contributed by atoms with Crippen molar-refractivity contribution < 1.29 is 19.8 Å². The molecular formula is C26H41N3O4S. The lowest BCUT2D eigenvalue weighted by molar-refractivity contribution is -0.144. The van der Waals surface area contributed by atoms with Gasteiger partial charge in [0.2, 0.25) is 11.8 Å². The van der Waals surface area contributed by atoms with E-state index in [0.717, 1.165) is 42.7 Å². The van der Waals surface area contributed by atoms with Gasteiger partial charge < -0.3 is 20.8 Å². The second-order valence-electron chi connectivity index (χ2n) is 11.6. The number of hydrogen-bond acceptors (Lipinski definition) is 6. The van der Waals surface area contributed by atoms with Crippen molar-refractivity contribution in [1.29, 1.82) is 0 Å². The van der Waals surface area contributed by atoms with Crippen molar-refractivity contribution in [3.05, 3.63) is 10.6 Å². The number of aliphatic hydroxyl groups excluding tert-OH is 2. The van der Waals surface area contributed by atoms with Crippen LogP contribution in [0.3, 0.4) is 0 Å². The Bertz CT molecular complexity index is 912. The van der Waals surface area contributed by atoms with Gasteiger partial charge in [-0.15, -0.1) is 11.3 Å². The Balaban J connectivity index is 1.67. The number of aromatic nitrogens is 1. The second-order valence-corrected chi connectivity index (χ2v) is 12.7. The smallest absolute Gasteiger partial charge is 0.229 e. The van der Waals surface area contributed by atoms with E-state index in [1.165, 1.54) is 17.8 Å². The van der Waals surface area contributed by atoms with Gasteiger partial charge in [-0.1, -0.05) is 33.1 Å². The third-order valence-corrected chi connectivity index (χ3v) is 9.95. The van der Waals surface area contributed by atoms with Crippen LogP contribution in [0.15, 0.2) is 0 Å². The van der Waals surface area contributed by atoms with Crippen molar-refractivity contribution in [3.63, 3.8) is 0 Å². The molecule has 0 bridgehead atoms. The molecule has 0 aliphatic heterocycles. The highest BCUT2D eigenvalue weighted by molar-refractivity contribution is 7.15. The summed E-state index contributed by atoms with van der Waals surface area (Å²) in [5.74, 6) is -0.0183. The molecule has 2 amide bonds. The van der Waals surface area contributed by atoms with Gasteiger partial charge in [0.1, 0.15) is 0 Å². The summed E-state index contributed by atoms with van der Waals surface area (Å²) in [6.07, 6.45) is 7.05. The van der Waals surface area contributed by atoms with Crippen LogP contribution in [-0.2, 0) is 16.0 Å². The van der Waals surface area contributed by atoms with Crippen LogP contribution < -0.4 is 10.6 Å². The molecule has 8 heteroatoms. The zero-order valence-electron chi connectivity index (χ0n) is 21.0. The lowest BCUT2D eigenvalue weighted by Gasteiger charge is -2.58. The molecule has 0 radical (unpaired) electrons. The topological polar surface area (TPSA) is 112 Å². The molecule has 2 fully saturated rings. The number of carbonyl (C=O) groups is 2. The van der Waals surface area contributed by atoms with Crippen LogP contribution in [0.4, 0.5) is 5.13 Å². The summed E-state index contributed by atoms with van der Waals surface area (Å²) in [5.41, 5.74) is -0.0118. The summed E-state index contributed by atoms with van der Waals surface area (Å²) < 4.78 is 0.